The molecule has 0 spiro atoms. The van der Waals surface area contributed by atoms with Crippen molar-refractivity contribution in [1.29, 1.82) is 0 Å². The average molecular weight is 342 g/mol. The maximum absolute atomic E-state index is 12.6. The van der Waals surface area contributed by atoms with Crippen LogP contribution in [-0.2, 0) is 10.0 Å². The Bertz CT molecular complexity index is 790. The first-order valence-electron chi connectivity index (χ1n) is 6.59. The minimum atomic E-state index is -3.95. The molecule has 0 atom stereocenters. The number of aryl methyl sites for hydroxylation is 1. The van der Waals surface area contributed by atoms with Gasteiger partial charge >= 0.3 is 0 Å². The number of nitrogens with one attached hydrogen (secondary N) is 1. The van der Waals surface area contributed by atoms with E-state index in [1.54, 1.807) is 32.0 Å². The molecule has 0 saturated heterocycles. The van der Waals surface area contributed by atoms with Gasteiger partial charge in [0.05, 0.1) is 12.3 Å². The molecule has 0 aliphatic rings. The summed E-state index contributed by atoms with van der Waals surface area (Å²) >= 11 is 6.03. The van der Waals surface area contributed by atoms with Crippen LogP contribution in [0, 0.1) is 6.92 Å². The van der Waals surface area contributed by atoms with Gasteiger partial charge in [-0.3, -0.25) is 4.72 Å². The lowest BCUT2D eigenvalue weighted by molar-refractivity contribution is 0.331. The van der Waals surface area contributed by atoms with E-state index in [-0.39, 0.29) is 22.1 Å². The van der Waals surface area contributed by atoms with Gasteiger partial charge in [-0.25, -0.2) is 8.42 Å². The van der Waals surface area contributed by atoms with Gasteiger partial charge in [0.15, 0.2) is 0 Å². The number of para-hydroxylation sites is 2. The quantitative estimate of drug-likeness (QED) is 0.815. The Morgan fingerprint density at radius 1 is 1.27 bits per heavy atom. The Hall–Kier alpha value is -1.92. The summed E-state index contributed by atoms with van der Waals surface area (Å²) in [6.07, 6.45) is 0. The number of anilines is 1. The highest BCUT2D eigenvalue weighted by atomic mass is 35.5. The average Bonchev–Trinajstić information content (AvgIpc) is 2.45. The van der Waals surface area contributed by atoms with E-state index in [4.69, 9.17) is 16.3 Å². The van der Waals surface area contributed by atoms with Crippen molar-refractivity contribution in [2.75, 3.05) is 11.3 Å². The minimum absolute atomic E-state index is 0.0757. The van der Waals surface area contributed by atoms with Gasteiger partial charge in [0.25, 0.3) is 10.0 Å². The highest BCUT2D eigenvalue weighted by Crippen LogP contribution is 2.33. The Balaban J connectivity index is 2.49. The largest absolute Gasteiger partial charge is 0.506 e. The molecule has 0 radical (unpaired) electrons. The number of rotatable bonds is 5. The predicted molar refractivity (Wildman–Crippen MR) is 86.3 cm³/mol. The molecule has 0 saturated carbocycles. The second-order valence-corrected chi connectivity index (χ2v) is 6.66. The number of halogens is 1. The molecule has 7 heteroatoms. The van der Waals surface area contributed by atoms with Crippen LogP contribution >= 0.6 is 11.6 Å². The summed E-state index contributed by atoms with van der Waals surface area (Å²) in [5.74, 6) is 0.0505. The van der Waals surface area contributed by atoms with Crippen LogP contribution in [-0.4, -0.2) is 20.1 Å². The highest BCUT2D eigenvalue weighted by molar-refractivity contribution is 7.92. The highest BCUT2D eigenvalue weighted by Gasteiger charge is 2.22. The predicted octanol–water partition coefficient (Wildman–Crippen LogP) is 3.55. The Kier molecular flexibility index (Phi) is 4.83. The maximum Gasteiger partial charge on any atom is 0.265 e. The lowest BCUT2D eigenvalue weighted by Gasteiger charge is -2.14. The van der Waals surface area contributed by atoms with Gasteiger partial charge in [-0.05, 0) is 43.7 Å². The Morgan fingerprint density at radius 3 is 2.59 bits per heavy atom. The molecule has 2 rings (SSSR count). The number of aromatic hydroxyl groups is 1. The summed E-state index contributed by atoms with van der Waals surface area (Å²) < 4.78 is 32.8. The second-order valence-electron chi connectivity index (χ2n) is 4.60. The summed E-state index contributed by atoms with van der Waals surface area (Å²) in [6.45, 7) is 3.84. The zero-order chi connectivity index (χ0) is 16.3. The number of ether oxygens (including phenoxy) is 1. The molecular weight excluding hydrogens is 326 g/mol. The van der Waals surface area contributed by atoms with E-state index in [9.17, 15) is 13.5 Å². The summed E-state index contributed by atoms with van der Waals surface area (Å²) in [7, 11) is -3.95. The van der Waals surface area contributed by atoms with E-state index in [0.717, 1.165) is 0 Å². The van der Waals surface area contributed by atoms with Crippen molar-refractivity contribution in [2.45, 2.75) is 18.7 Å². The normalized spacial score (nSPS) is 11.2. The van der Waals surface area contributed by atoms with Gasteiger partial charge in [-0.2, -0.15) is 0 Å². The number of phenols is 1. The first-order valence-corrected chi connectivity index (χ1v) is 8.45. The zero-order valence-electron chi connectivity index (χ0n) is 12.1. The smallest absolute Gasteiger partial charge is 0.265 e. The second kappa shape index (κ2) is 6.46. The molecule has 0 aliphatic heterocycles. The fourth-order valence-electron chi connectivity index (χ4n) is 1.87. The number of phenolic OH excluding ortho intramolecular Hbond substituents is 1. The molecule has 0 fully saturated rings. The van der Waals surface area contributed by atoms with Gasteiger partial charge in [-0.1, -0.05) is 23.7 Å². The third-order valence-electron chi connectivity index (χ3n) is 2.96. The van der Waals surface area contributed by atoms with Crippen LogP contribution in [0.25, 0.3) is 0 Å². The van der Waals surface area contributed by atoms with Gasteiger partial charge < -0.3 is 9.84 Å². The molecule has 0 heterocycles. The molecule has 0 aromatic heterocycles. The lowest BCUT2D eigenvalue weighted by Crippen LogP contribution is -2.15. The van der Waals surface area contributed by atoms with E-state index in [2.05, 4.69) is 4.72 Å². The molecule has 2 aromatic carbocycles. The van der Waals surface area contributed by atoms with Crippen molar-refractivity contribution in [3.8, 4) is 11.5 Å². The van der Waals surface area contributed by atoms with Crippen molar-refractivity contribution < 1.29 is 18.3 Å². The number of hydrogen-bond acceptors (Lipinski definition) is 4. The van der Waals surface area contributed by atoms with Gasteiger partial charge in [0.2, 0.25) is 0 Å². The van der Waals surface area contributed by atoms with E-state index in [1.807, 2.05) is 0 Å². The van der Waals surface area contributed by atoms with E-state index < -0.39 is 10.0 Å². The Morgan fingerprint density at radius 2 is 1.95 bits per heavy atom. The van der Waals surface area contributed by atoms with Crippen LogP contribution < -0.4 is 9.46 Å². The fourth-order valence-corrected chi connectivity index (χ4v) is 3.33. The molecule has 2 N–H and O–H groups in total. The van der Waals surface area contributed by atoms with Gasteiger partial charge in [0, 0.05) is 5.02 Å². The van der Waals surface area contributed by atoms with Crippen molar-refractivity contribution >= 4 is 27.3 Å². The molecule has 2 aromatic rings. The topological polar surface area (TPSA) is 75.6 Å². The molecule has 118 valence electrons. The van der Waals surface area contributed by atoms with E-state index in [1.165, 1.54) is 18.2 Å². The lowest BCUT2D eigenvalue weighted by atomic mass is 10.2. The Labute approximate surface area is 134 Å². The molecule has 0 unspecified atom stereocenters. The number of sulfonamides is 1. The van der Waals surface area contributed by atoms with Crippen LogP contribution in [0.4, 0.5) is 5.69 Å². The molecular formula is C15H16ClNO4S. The standard InChI is InChI=1S/C15H16ClNO4S/c1-3-21-14-8-10(2)11(16)9-15(14)22(19,20)17-12-6-4-5-7-13(12)18/h4-9,17-18H,3H2,1-2H3. The van der Waals surface area contributed by atoms with E-state index >= 15 is 0 Å². The maximum atomic E-state index is 12.6. The summed E-state index contributed by atoms with van der Waals surface area (Å²) in [6, 6.07) is 8.98. The third kappa shape index (κ3) is 3.45. The third-order valence-corrected chi connectivity index (χ3v) is 4.76. The fraction of sp³-hybridized carbons (Fsp3) is 0.200. The van der Waals surface area contributed by atoms with Gasteiger partial charge in [-0.15, -0.1) is 0 Å². The molecule has 0 amide bonds. The number of hydrogen-bond donors (Lipinski definition) is 2. The minimum Gasteiger partial charge on any atom is -0.506 e. The summed E-state index contributed by atoms with van der Waals surface area (Å²) in [5, 5.41) is 10.0. The zero-order valence-corrected chi connectivity index (χ0v) is 13.7. The monoisotopic (exact) mass is 341 g/mol. The van der Waals surface area contributed by atoms with Crippen LogP contribution in [0.2, 0.25) is 5.02 Å². The SMILES string of the molecule is CCOc1cc(C)c(Cl)cc1S(=O)(=O)Nc1ccccc1O. The van der Waals surface area contributed by atoms with Crippen molar-refractivity contribution in [3.63, 3.8) is 0 Å². The summed E-state index contributed by atoms with van der Waals surface area (Å²) in [4.78, 5) is -0.0757. The van der Waals surface area contributed by atoms with Crippen molar-refractivity contribution in [3.05, 3.63) is 47.0 Å². The summed E-state index contributed by atoms with van der Waals surface area (Å²) in [5.41, 5.74) is 0.799. The van der Waals surface area contributed by atoms with Crippen molar-refractivity contribution in [1.82, 2.24) is 0 Å². The molecule has 22 heavy (non-hydrogen) atoms. The van der Waals surface area contributed by atoms with Crippen molar-refractivity contribution in [2.24, 2.45) is 0 Å². The number of benzene rings is 2. The first-order chi connectivity index (χ1) is 10.3. The van der Waals surface area contributed by atoms with Crippen LogP contribution in [0.5, 0.6) is 11.5 Å². The van der Waals surface area contributed by atoms with E-state index in [0.29, 0.717) is 17.2 Å². The first kappa shape index (κ1) is 16.5. The van der Waals surface area contributed by atoms with Crippen LogP contribution in [0.3, 0.4) is 0 Å². The molecule has 0 bridgehead atoms. The van der Waals surface area contributed by atoms with Crippen LogP contribution in [0.1, 0.15) is 12.5 Å². The molecule has 5 nitrogen and oxygen atoms in total. The van der Waals surface area contributed by atoms with Gasteiger partial charge in [0.1, 0.15) is 16.4 Å². The molecule has 0 aliphatic carbocycles. The van der Waals surface area contributed by atoms with Crippen LogP contribution in [0.15, 0.2) is 41.3 Å².